The fourth-order valence-electron chi connectivity index (χ4n) is 3.40. The van der Waals surface area contributed by atoms with E-state index in [0.29, 0.717) is 21.9 Å². The Hall–Kier alpha value is -3.78. The highest BCUT2D eigenvalue weighted by Gasteiger charge is 2.34. The zero-order valence-corrected chi connectivity index (χ0v) is 17.3. The summed E-state index contributed by atoms with van der Waals surface area (Å²) >= 11 is 1.37. The number of rotatable bonds is 6. The number of carbonyl (C=O) groups is 2. The van der Waals surface area contributed by atoms with Gasteiger partial charge >= 0.3 is 0 Å². The average molecular weight is 430 g/mol. The number of hydrogen-bond donors (Lipinski definition) is 2. The van der Waals surface area contributed by atoms with Gasteiger partial charge in [0.2, 0.25) is 0 Å². The van der Waals surface area contributed by atoms with Crippen LogP contribution in [0.3, 0.4) is 0 Å². The van der Waals surface area contributed by atoms with Crippen molar-refractivity contribution in [2.45, 2.75) is 18.8 Å². The second-order valence-electron chi connectivity index (χ2n) is 7.31. The van der Waals surface area contributed by atoms with Gasteiger partial charge in [0.25, 0.3) is 11.8 Å². The molecule has 0 aliphatic heterocycles. The summed E-state index contributed by atoms with van der Waals surface area (Å²) < 4.78 is 1.75. The van der Waals surface area contributed by atoms with Gasteiger partial charge in [0.05, 0.1) is 16.3 Å². The van der Waals surface area contributed by atoms with E-state index >= 15 is 0 Å². The van der Waals surface area contributed by atoms with E-state index in [1.807, 2.05) is 41.8 Å². The van der Waals surface area contributed by atoms with Gasteiger partial charge in [-0.05, 0) is 54.6 Å². The Kier molecular flexibility index (Phi) is 5.05. The van der Waals surface area contributed by atoms with E-state index in [0.717, 1.165) is 24.2 Å². The summed E-state index contributed by atoms with van der Waals surface area (Å²) in [5.74, 6) is -0.210. The molecule has 2 aromatic heterocycles. The average Bonchev–Trinajstić information content (AvgIpc) is 3.28. The molecule has 1 fully saturated rings. The highest BCUT2D eigenvalue weighted by atomic mass is 32.1. The third-order valence-corrected chi connectivity index (χ3v) is 5.88. The molecule has 1 aliphatic rings. The molecule has 0 atom stereocenters. The fraction of sp³-hybridized carbons (Fsp3) is 0.130. The Morgan fingerprint density at radius 2 is 1.65 bits per heavy atom. The van der Waals surface area contributed by atoms with Crippen LogP contribution in [0.1, 0.15) is 44.6 Å². The predicted molar refractivity (Wildman–Crippen MR) is 120 cm³/mol. The molecule has 0 radical (unpaired) electrons. The van der Waals surface area contributed by atoms with Crippen molar-refractivity contribution in [1.82, 2.24) is 15.0 Å². The summed E-state index contributed by atoms with van der Waals surface area (Å²) in [7, 11) is 0. The van der Waals surface area contributed by atoms with Gasteiger partial charge in [0, 0.05) is 17.3 Å². The van der Waals surface area contributed by atoms with Crippen molar-refractivity contribution in [2.24, 2.45) is 0 Å². The van der Waals surface area contributed by atoms with Crippen LogP contribution in [0, 0.1) is 0 Å². The summed E-state index contributed by atoms with van der Waals surface area (Å²) in [6, 6.07) is 20.4. The molecule has 1 saturated carbocycles. The topological polar surface area (TPSA) is 88.9 Å². The molecule has 154 valence electrons. The third-order valence-electron chi connectivity index (χ3n) is 5.01. The molecular weight excluding hydrogens is 410 g/mol. The monoisotopic (exact) mass is 429 g/mol. The maximum Gasteiger partial charge on any atom is 0.278 e. The van der Waals surface area contributed by atoms with Crippen molar-refractivity contribution < 1.29 is 9.59 Å². The van der Waals surface area contributed by atoms with Gasteiger partial charge in [-0.25, -0.2) is 4.68 Å². The molecule has 0 unspecified atom stereocenters. The van der Waals surface area contributed by atoms with Crippen molar-refractivity contribution in [3.05, 3.63) is 88.4 Å². The Labute approximate surface area is 182 Å². The van der Waals surface area contributed by atoms with Gasteiger partial charge < -0.3 is 10.6 Å². The van der Waals surface area contributed by atoms with E-state index < -0.39 is 0 Å². The minimum atomic E-state index is -0.314. The Balaban J connectivity index is 1.36. The Morgan fingerprint density at radius 1 is 0.903 bits per heavy atom. The maximum absolute atomic E-state index is 13.0. The smallest absolute Gasteiger partial charge is 0.278 e. The van der Waals surface area contributed by atoms with Crippen molar-refractivity contribution in [3.8, 4) is 5.69 Å². The number of carbonyl (C=O) groups excluding carboxylic acids is 2. The van der Waals surface area contributed by atoms with Crippen molar-refractivity contribution >= 4 is 34.5 Å². The molecule has 8 heteroatoms. The Bertz CT molecular complexity index is 1230. The summed E-state index contributed by atoms with van der Waals surface area (Å²) in [5, 5.41) is 16.0. The first-order chi connectivity index (χ1) is 15.2. The van der Waals surface area contributed by atoms with Crippen LogP contribution in [0.15, 0.2) is 72.1 Å². The van der Waals surface area contributed by atoms with Gasteiger partial charge in [-0.15, -0.1) is 16.4 Å². The molecule has 2 heterocycles. The highest BCUT2D eigenvalue weighted by Crippen LogP contribution is 2.42. The summed E-state index contributed by atoms with van der Waals surface area (Å²) in [6.45, 7) is 0. The van der Waals surface area contributed by atoms with E-state index in [4.69, 9.17) is 0 Å². The van der Waals surface area contributed by atoms with E-state index in [1.54, 1.807) is 35.0 Å². The minimum absolute atomic E-state index is 0.180. The SMILES string of the molecule is O=C(Nc1cccc(NC(=O)c2nnn(-c3ccccc3)c2C2CC2)c1)c1cccs1. The predicted octanol–water partition coefficient (Wildman–Crippen LogP) is 4.71. The van der Waals surface area contributed by atoms with Crippen molar-refractivity contribution in [2.75, 3.05) is 10.6 Å². The lowest BCUT2D eigenvalue weighted by Crippen LogP contribution is -2.16. The number of benzene rings is 2. The minimum Gasteiger partial charge on any atom is -0.321 e. The number of hydrogen-bond acceptors (Lipinski definition) is 5. The molecule has 5 rings (SSSR count). The van der Waals surface area contributed by atoms with Crippen LogP contribution in [0.2, 0.25) is 0 Å². The highest BCUT2D eigenvalue weighted by molar-refractivity contribution is 7.12. The number of amides is 2. The van der Waals surface area contributed by atoms with Gasteiger partial charge in [0.1, 0.15) is 0 Å². The van der Waals surface area contributed by atoms with Gasteiger partial charge in [0.15, 0.2) is 5.69 Å². The lowest BCUT2D eigenvalue weighted by molar-refractivity contribution is 0.101. The largest absolute Gasteiger partial charge is 0.321 e. The fourth-order valence-corrected chi connectivity index (χ4v) is 4.02. The lowest BCUT2D eigenvalue weighted by Gasteiger charge is -2.09. The zero-order valence-electron chi connectivity index (χ0n) is 16.5. The molecule has 31 heavy (non-hydrogen) atoms. The van der Waals surface area contributed by atoms with E-state index in [2.05, 4.69) is 20.9 Å². The second-order valence-corrected chi connectivity index (χ2v) is 8.26. The van der Waals surface area contributed by atoms with Crippen molar-refractivity contribution in [1.29, 1.82) is 0 Å². The number of para-hydroxylation sites is 1. The first kappa shape index (κ1) is 19.2. The molecule has 2 amide bonds. The molecule has 7 nitrogen and oxygen atoms in total. The zero-order chi connectivity index (χ0) is 21.2. The molecule has 0 saturated heterocycles. The van der Waals surface area contributed by atoms with Crippen LogP contribution in [0.5, 0.6) is 0 Å². The van der Waals surface area contributed by atoms with Gasteiger partial charge in [-0.2, -0.15) is 0 Å². The molecule has 0 spiro atoms. The van der Waals surface area contributed by atoms with Crippen LogP contribution in [-0.4, -0.2) is 26.8 Å². The van der Waals surface area contributed by atoms with Crippen LogP contribution in [0.25, 0.3) is 5.69 Å². The number of anilines is 2. The molecule has 2 N–H and O–H groups in total. The van der Waals surface area contributed by atoms with Crippen LogP contribution < -0.4 is 10.6 Å². The van der Waals surface area contributed by atoms with Gasteiger partial charge in [-0.1, -0.05) is 35.5 Å². The standard InChI is InChI=1S/C23H19N5O2S/c29-22(19-10-5-13-31-19)24-16-6-4-7-17(14-16)25-23(30)20-21(15-11-12-15)28(27-26-20)18-8-2-1-3-9-18/h1-10,13-15H,11-12H2,(H,24,29)(H,25,30). The first-order valence-electron chi connectivity index (χ1n) is 9.96. The Morgan fingerprint density at radius 3 is 2.32 bits per heavy atom. The van der Waals surface area contributed by atoms with Crippen LogP contribution in [-0.2, 0) is 0 Å². The summed E-state index contributed by atoms with van der Waals surface area (Å²) in [6.07, 6.45) is 2.04. The lowest BCUT2D eigenvalue weighted by atomic mass is 10.2. The van der Waals surface area contributed by atoms with Gasteiger partial charge in [-0.3, -0.25) is 9.59 Å². The van der Waals surface area contributed by atoms with E-state index in [-0.39, 0.29) is 17.7 Å². The number of thiophene rings is 1. The maximum atomic E-state index is 13.0. The number of nitrogens with one attached hydrogen (secondary N) is 2. The number of aromatic nitrogens is 3. The molecule has 4 aromatic rings. The van der Waals surface area contributed by atoms with E-state index in [9.17, 15) is 9.59 Å². The molecule has 2 aromatic carbocycles. The van der Waals surface area contributed by atoms with Crippen LogP contribution in [0.4, 0.5) is 11.4 Å². The normalized spacial score (nSPS) is 13.0. The van der Waals surface area contributed by atoms with Crippen LogP contribution >= 0.6 is 11.3 Å². The van der Waals surface area contributed by atoms with E-state index in [1.165, 1.54) is 11.3 Å². The quantitative estimate of drug-likeness (QED) is 0.465. The molecule has 1 aliphatic carbocycles. The summed E-state index contributed by atoms with van der Waals surface area (Å²) in [5.41, 5.74) is 3.23. The molecule has 0 bridgehead atoms. The van der Waals surface area contributed by atoms with Crippen molar-refractivity contribution in [3.63, 3.8) is 0 Å². The third kappa shape index (κ3) is 4.10. The summed E-state index contributed by atoms with van der Waals surface area (Å²) in [4.78, 5) is 25.9. The second kappa shape index (κ2) is 8.16. The first-order valence-corrected chi connectivity index (χ1v) is 10.8. The number of nitrogens with zero attached hydrogens (tertiary/aromatic N) is 3. The molecular formula is C23H19N5O2S.